The lowest BCUT2D eigenvalue weighted by atomic mass is 9.88. The summed E-state index contributed by atoms with van der Waals surface area (Å²) < 4.78 is 5.61. The molecule has 2 heterocycles. The van der Waals surface area contributed by atoms with Crippen molar-refractivity contribution in [3.8, 4) is 11.1 Å². The van der Waals surface area contributed by atoms with Crippen LogP contribution >= 0.6 is 0 Å². The molecule has 6 rings (SSSR count). The normalized spacial score (nSPS) is 20.5. The molecule has 41 heavy (non-hydrogen) atoms. The highest BCUT2D eigenvalue weighted by Crippen LogP contribution is 2.44. The number of alkyl carbamates (subject to hydrolysis) is 1. The molecule has 0 spiro atoms. The number of carbonyl (C=O) groups excluding carboxylic acids is 2. The van der Waals surface area contributed by atoms with Crippen molar-refractivity contribution in [2.75, 3.05) is 32.8 Å². The maximum Gasteiger partial charge on any atom is 0.407 e. The zero-order valence-electron chi connectivity index (χ0n) is 22.9. The van der Waals surface area contributed by atoms with Crippen LogP contribution in [0.4, 0.5) is 4.79 Å². The first-order valence-electron chi connectivity index (χ1n) is 14.3. The predicted molar refractivity (Wildman–Crippen MR) is 154 cm³/mol. The number of carboxylic acid groups (broad SMARTS) is 1. The van der Waals surface area contributed by atoms with Crippen LogP contribution in [0.3, 0.4) is 0 Å². The third-order valence-corrected chi connectivity index (χ3v) is 8.76. The van der Waals surface area contributed by atoms with E-state index in [1.54, 1.807) is 4.90 Å². The molecule has 2 fully saturated rings. The van der Waals surface area contributed by atoms with Gasteiger partial charge in [0.25, 0.3) is 0 Å². The lowest BCUT2D eigenvalue weighted by Gasteiger charge is -2.34. The summed E-state index contributed by atoms with van der Waals surface area (Å²) in [7, 11) is 0. The van der Waals surface area contributed by atoms with Crippen molar-refractivity contribution in [2.45, 2.75) is 31.3 Å². The Labute approximate surface area is 239 Å². The Morgan fingerprint density at radius 2 is 1.49 bits per heavy atom. The van der Waals surface area contributed by atoms with Crippen LogP contribution in [0.15, 0.2) is 78.9 Å². The van der Waals surface area contributed by atoms with E-state index in [0.29, 0.717) is 24.9 Å². The van der Waals surface area contributed by atoms with Gasteiger partial charge in [-0.1, -0.05) is 78.9 Å². The van der Waals surface area contributed by atoms with Crippen molar-refractivity contribution >= 4 is 18.0 Å². The van der Waals surface area contributed by atoms with E-state index < -0.39 is 24.5 Å². The van der Waals surface area contributed by atoms with Gasteiger partial charge in [0.05, 0.1) is 6.42 Å². The van der Waals surface area contributed by atoms with Gasteiger partial charge < -0.3 is 20.1 Å². The van der Waals surface area contributed by atoms with Gasteiger partial charge in [-0.15, -0.1) is 0 Å². The average Bonchev–Trinajstić information content (AvgIpc) is 3.55. The van der Waals surface area contributed by atoms with Crippen LogP contribution < -0.4 is 5.32 Å². The number of fused-ring (bicyclic) bond motifs is 4. The number of likely N-dealkylation sites (tertiary alicyclic amines) is 2. The lowest BCUT2D eigenvalue weighted by Crippen LogP contribution is -2.49. The fourth-order valence-corrected chi connectivity index (χ4v) is 6.79. The van der Waals surface area contributed by atoms with E-state index >= 15 is 0 Å². The Kier molecular flexibility index (Phi) is 7.74. The van der Waals surface area contributed by atoms with E-state index in [4.69, 9.17) is 4.74 Å². The van der Waals surface area contributed by atoms with Gasteiger partial charge in [0.15, 0.2) is 0 Å². The number of nitrogens with zero attached hydrogens (tertiary/aromatic N) is 2. The number of piperidine rings is 1. The van der Waals surface area contributed by atoms with Crippen LogP contribution in [0.2, 0.25) is 0 Å². The zero-order chi connectivity index (χ0) is 28.3. The van der Waals surface area contributed by atoms with E-state index in [2.05, 4.69) is 34.5 Å². The molecule has 3 aromatic carbocycles. The van der Waals surface area contributed by atoms with Crippen molar-refractivity contribution in [1.29, 1.82) is 0 Å². The van der Waals surface area contributed by atoms with Gasteiger partial charge in [-0.2, -0.15) is 0 Å². The second-order valence-electron chi connectivity index (χ2n) is 11.4. The molecule has 0 radical (unpaired) electrons. The summed E-state index contributed by atoms with van der Waals surface area (Å²) in [6.45, 7) is 3.99. The van der Waals surface area contributed by atoms with Crippen molar-refractivity contribution in [3.63, 3.8) is 0 Å². The second-order valence-corrected chi connectivity index (χ2v) is 11.4. The van der Waals surface area contributed by atoms with E-state index in [0.717, 1.165) is 48.3 Å². The summed E-state index contributed by atoms with van der Waals surface area (Å²) in [5.74, 6) is -0.914. The molecule has 212 valence electrons. The summed E-state index contributed by atoms with van der Waals surface area (Å²) in [6.07, 6.45) is -0.281. The number of ether oxygens (including phenoxy) is 1. The number of hydrogen-bond acceptors (Lipinski definition) is 5. The standard InChI is InChI=1S/C33H35N3O5/c37-31(38)16-30(32(39)36-19-23-14-15-35(18-24(23)20-36)17-22-8-2-1-3-9-22)34-33(40)41-21-29-27-12-6-4-10-25(27)26-11-5-7-13-28(26)29/h1-13,23-24,29-30H,14-21H2,(H,34,40)(H,37,38). The van der Waals surface area contributed by atoms with Crippen LogP contribution in [-0.2, 0) is 20.9 Å². The second kappa shape index (κ2) is 11.7. The largest absolute Gasteiger partial charge is 0.481 e. The van der Waals surface area contributed by atoms with Gasteiger partial charge in [0.1, 0.15) is 12.6 Å². The maximum absolute atomic E-state index is 13.5. The van der Waals surface area contributed by atoms with Crippen LogP contribution in [0.5, 0.6) is 0 Å². The number of hydrogen-bond donors (Lipinski definition) is 2. The summed E-state index contributed by atoms with van der Waals surface area (Å²) >= 11 is 0. The minimum Gasteiger partial charge on any atom is -0.481 e. The molecular weight excluding hydrogens is 518 g/mol. The fraction of sp³-hybridized carbons (Fsp3) is 0.364. The van der Waals surface area contributed by atoms with Gasteiger partial charge >= 0.3 is 12.1 Å². The van der Waals surface area contributed by atoms with Gasteiger partial charge in [0, 0.05) is 32.1 Å². The Morgan fingerprint density at radius 1 is 0.854 bits per heavy atom. The number of carbonyl (C=O) groups is 3. The Hall–Kier alpha value is -4.17. The number of nitrogens with one attached hydrogen (secondary N) is 1. The topological polar surface area (TPSA) is 99.2 Å². The molecule has 0 saturated carbocycles. The van der Waals surface area contributed by atoms with Gasteiger partial charge in [-0.3, -0.25) is 14.5 Å². The zero-order valence-corrected chi connectivity index (χ0v) is 22.9. The van der Waals surface area contributed by atoms with Crippen molar-refractivity contribution < 1.29 is 24.2 Å². The van der Waals surface area contributed by atoms with E-state index in [9.17, 15) is 19.5 Å². The minimum absolute atomic E-state index is 0.0962. The number of aliphatic carboxylic acids is 1. The molecule has 2 amide bonds. The number of amides is 2. The Bertz CT molecular complexity index is 1380. The molecule has 3 aliphatic rings. The van der Waals surface area contributed by atoms with Gasteiger partial charge in [-0.05, 0) is 52.6 Å². The highest BCUT2D eigenvalue weighted by atomic mass is 16.5. The van der Waals surface area contributed by atoms with Crippen LogP contribution in [0.1, 0.15) is 35.4 Å². The molecule has 0 aromatic heterocycles. The van der Waals surface area contributed by atoms with E-state index in [-0.39, 0.29) is 18.4 Å². The monoisotopic (exact) mass is 553 g/mol. The van der Waals surface area contributed by atoms with Crippen LogP contribution in [-0.4, -0.2) is 71.7 Å². The molecule has 2 aliphatic heterocycles. The highest BCUT2D eigenvalue weighted by Gasteiger charge is 2.41. The molecule has 2 saturated heterocycles. The highest BCUT2D eigenvalue weighted by molar-refractivity contribution is 5.89. The molecule has 1 aliphatic carbocycles. The quantitative estimate of drug-likeness (QED) is 0.431. The summed E-state index contributed by atoms with van der Waals surface area (Å²) in [6, 6.07) is 25.3. The molecular formula is C33H35N3O5. The summed E-state index contributed by atoms with van der Waals surface area (Å²) in [5.41, 5.74) is 5.68. The van der Waals surface area contributed by atoms with E-state index in [1.807, 2.05) is 54.6 Å². The minimum atomic E-state index is -1.18. The van der Waals surface area contributed by atoms with E-state index in [1.165, 1.54) is 5.56 Å². The number of benzene rings is 3. The van der Waals surface area contributed by atoms with Crippen LogP contribution in [0, 0.1) is 11.8 Å². The maximum atomic E-state index is 13.5. The van der Waals surface area contributed by atoms with Gasteiger partial charge in [0.2, 0.25) is 5.91 Å². The summed E-state index contributed by atoms with van der Waals surface area (Å²) in [5, 5.41) is 12.1. The molecule has 3 aromatic rings. The Morgan fingerprint density at radius 3 is 2.17 bits per heavy atom. The van der Waals surface area contributed by atoms with Crippen LogP contribution in [0.25, 0.3) is 11.1 Å². The van der Waals surface area contributed by atoms with Crippen molar-refractivity contribution in [2.24, 2.45) is 11.8 Å². The first-order valence-corrected chi connectivity index (χ1v) is 14.3. The molecule has 3 unspecified atom stereocenters. The summed E-state index contributed by atoms with van der Waals surface area (Å²) in [4.78, 5) is 42.2. The third kappa shape index (κ3) is 5.84. The Balaban J connectivity index is 1.07. The number of carboxylic acids is 1. The first-order chi connectivity index (χ1) is 20.0. The molecule has 8 heteroatoms. The predicted octanol–water partition coefficient (Wildman–Crippen LogP) is 4.35. The number of rotatable bonds is 8. The molecule has 0 bridgehead atoms. The molecule has 3 atom stereocenters. The fourth-order valence-electron chi connectivity index (χ4n) is 6.79. The third-order valence-electron chi connectivity index (χ3n) is 8.76. The smallest absolute Gasteiger partial charge is 0.407 e. The lowest BCUT2D eigenvalue weighted by molar-refractivity contribution is -0.142. The van der Waals surface area contributed by atoms with Gasteiger partial charge in [-0.25, -0.2) is 4.79 Å². The SMILES string of the molecule is O=C(O)CC(NC(=O)OCC1c2ccccc2-c2ccccc21)C(=O)N1CC2CCN(Cc3ccccc3)CC2C1. The molecule has 2 N–H and O–H groups in total. The first kappa shape index (κ1) is 27.0. The van der Waals surface area contributed by atoms with Crippen molar-refractivity contribution in [3.05, 3.63) is 95.6 Å². The molecule has 8 nitrogen and oxygen atoms in total. The average molecular weight is 554 g/mol. The van der Waals surface area contributed by atoms with Crippen molar-refractivity contribution in [1.82, 2.24) is 15.1 Å².